The van der Waals surface area contributed by atoms with E-state index in [4.69, 9.17) is 6.57 Å². The predicted molar refractivity (Wildman–Crippen MR) is 57.5 cm³/mol. The Balaban J connectivity index is 3.00. The normalized spacial score (nSPS) is 10.1. The topological polar surface area (TPSA) is 17.2 Å². The molecule has 0 saturated heterocycles. The van der Waals surface area contributed by atoms with Crippen LogP contribution < -0.4 is 0 Å². The Kier molecular flexibility index (Phi) is 1.94. The first-order valence-corrected chi connectivity index (χ1v) is 4.47. The van der Waals surface area contributed by atoms with E-state index in [0.29, 0.717) is 5.69 Å². The molecule has 0 bridgehead atoms. The summed E-state index contributed by atoms with van der Waals surface area (Å²) >= 11 is 0. The molecule has 0 amide bonds. The van der Waals surface area contributed by atoms with Crippen molar-refractivity contribution in [1.29, 1.82) is 0 Å². The molecule has 2 heteroatoms. The van der Waals surface area contributed by atoms with Crippen LogP contribution in [0.3, 0.4) is 0 Å². The van der Waals surface area contributed by atoms with Gasteiger partial charge in [0, 0.05) is 11.4 Å². The third kappa shape index (κ3) is 1.14. The fraction of sp³-hybridized carbons (Fsp3) is 0.167. The SMILES string of the molecule is [C-]#[N+]c1c(C)nc(C)c2ccccc12. The van der Waals surface area contributed by atoms with Gasteiger partial charge in [0.25, 0.3) is 0 Å². The molecule has 2 rings (SSSR count). The van der Waals surface area contributed by atoms with Crippen LogP contribution in [0.4, 0.5) is 5.69 Å². The molecule has 1 aromatic heterocycles. The van der Waals surface area contributed by atoms with Gasteiger partial charge in [0.2, 0.25) is 5.69 Å². The number of hydrogen-bond donors (Lipinski definition) is 0. The summed E-state index contributed by atoms with van der Waals surface area (Å²) in [5, 5.41) is 2.08. The molecule has 14 heavy (non-hydrogen) atoms. The zero-order chi connectivity index (χ0) is 10.1. The monoisotopic (exact) mass is 182 g/mol. The largest absolute Gasteiger partial charge is 0.269 e. The predicted octanol–water partition coefficient (Wildman–Crippen LogP) is 3.40. The second-order valence-corrected chi connectivity index (χ2v) is 3.29. The van der Waals surface area contributed by atoms with Crippen LogP contribution in [-0.2, 0) is 0 Å². The highest BCUT2D eigenvalue weighted by atomic mass is 14.8. The fourth-order valence-corrected chi connectivity index (χ4v) is 1.71. The van der Waals surface area contributed by atoms with Crippen LogP contribution in [-0.4, -0.2) is 4.98 Å². The molecular formula is C12H10N2. The minimum atomic E-state index is 0.672. The van der Waals surface area contributed by atoms with Crippen LogP contribution in [0.5, 0.6) is 0 Å². The Bertz CT molecular complexity index is 536. The maximum Gasteiger partial charge on any atom is 0.215 e. The van der Waals surface area contributed by atoms with Crippen molar-refractivity contribution in [2.45, 2.75) is 13.8 Å². The number of aryl methyl sites for hydroxylation is 2. The van der Waals surface area contributed by atoms with Gasteiger partial charge in [0.15, 0.2) is 0 Å². The number of fused-ring (bicyclic) bond motifs is 1. The first-order valence-electron chi connectivity index (χ1n) is 4.47. The second kappa shape index (κ2) is 3.12. The van der Waals surface area contributed by atoms with Gasteiger partial charge in [-0.2, -0.15) is 0 Å². The van der Waals surface area contributed by atoms with Gasteiger partial charge in [0.1, 0.15) is 0 Å². The minimum Gasteiger partial charge on any atom is -0.269 e. The van der Waals surface area contributed by atoms with Gasteiger partial charge in [-0.05, 0) is 24.6 Å². The fourth-order valence-electron chi connectivity index (χ4n) is 1.71. The highest BCUT2D eigenvalue weighted by Crippen LogP contribution is 2.29. The van der Waals surface area contributed by atoms with Gasteiger partial charge in [-0.15, -0.1) is 0 Å². The highest BCUT2D eigenvalue weighted by molar-refractivity contribution is 5.96. The Labute approximate surface area is 83.0 Å². The average Bonchev–Trinajstić information content (AvgIpc) is 2.18. The summed E-state index contributed by atoms with van der Waals surface area (Å²) in [6, 6.07) is 7.91. The van der Waals surface area contributed by atoms with Crippen molar-refractivity contribution in [3.05, 3.63) is 47.1 Å². The van der Waals surface area contributed by atoms with E-state index in [-0.39, 0.29) is 0 Å². The Hall–Kier alpha value is -1.88. The third-order valence-electron chi connectivity index (χ3n) is 2.36. The lowest BCUT2D eigenvalue weighted by atomic mass is 10.1. The van der Waals surface area contributed by atoms with Crippen molar-refractivity contribution >= 4 is 16.5 Å². The smallest absolute Gasteiger partial charge is 0.215 e. The number of benzene rings is 1. The molecule has 2 nitrogen and oxygen atoms in total. The van der Waals surface area contributed by atoms with E-state index in [1.54, 1.807) is 0 Å². The molecule has 1 aromatic carbocycles. The summed E-state index contributed by atoms with van der Waals surface area (Å²) in [6.45, 7) is 11.0. The Morgan fingerprint density at radius 1 is 1.07 bits per heavy atom. The quantitative estimate of drug-likeness (QED) is 0.571. The number of nitrogens with zero attached hydrogens (tertiary/aromatic N) is 2. The molecule has 1 heterocycles. The van der Waals surface area contributed by atoms with Gasteiger partial charge in [-0.1, -0.05) is 24.3 Å². The van der Waals surface area contributed by atoms with Crippen molar-refractivity contribution in [3.8, 4) is 0 Å². The number of aromatic nitrogens is 1. The minimum absolute atomic E-state index is 0.672. The van der Waals surface area contributed by atoms with E-state index in [9.17, 15) is 0 Å². The summed E-state index contributed by atoms with van der Waals surface area (Å²) in [6.07, 6.45) is 0. The summed E-state index contributed by atoms with van der Waals surface area (Å²) in [7, 11) is 0. The standard InChI is InChI=1S/C12H10N2/c1-8-10-6-4-5-7-11(10)12(13-3)9(2)14-8/h4-7H,1-2H3. The lowest BCUT2D eigenvalue weighted by molar-refractivity contribution is 1.16. The van der Waals surface area contributed by atoms with E-state index in [2.05, 4.69) is 9.83 Å². The van der Waals surface area contributed by atoms with Gasteiger partial charge in [-0.3, -0.25) is 4.98 Å². The van der Waals surface area contributed by atoms with Crippen LogP contribution in [0, 0.1) is 20.4 Å². The number of hydrogen-bond acceptors (Lipinski definition) is 1. The lowest BCUT2D eigenvalue weighted by Crippen LogP contribution is -1.88. The van der Waals surface area contributed by atoms with Gasteiger partial charge < -0.3 is 0 Å². The molecule has 68 valence electrons. The van der Waals surface area contributed by atoms with E-state index in [0.717, 1.165) is 22.2 Å². The average molecular weight is 182 g/mol. The van der Waals surface area contributed by atoms with Gasteiger partial charge >= 0.3 is 0 Å². The zero-order valence-corrected chi connectivity index (χ0v) is 8.20. The van der Waals surface area contributed by atoms with Crippen molar-refractivity contribution in [3.63, 3.8) is 0 Å². The molecule has 0 aliphatic rings. The van der Waals surface area contributed by atoms with Crippen molar-refractivity contribution in [1.82, 2.24) is 4.98 Å². The third-order valence-corrected chi connectivity index (χ3v) is 2.36. The molecule has 0 unspecified atom stereocenters. The van der Waals surface area contributed by atoms with Crippen LogP contribution in [0.15, 0.2) is 24.3 Å². The van der Waals surface area contributed by atoms with E-state index >= 15 is 0 Å². The van der Waals surface area contributed by atoms with Crippen LogP contribution in [0.25, 0.3) is 15.6 Å². The lowest BCUT2D eigenvalue weighted by Gasteiger charge is -2.05. The maximum atomic E-state index is 7.12. The molecule has 0 aliphatic heterocycles. The van der Waals surface area contributed by atoms with Crippen LogP contribution in [0.1, 0.15) is 11.4 Å². The Morgan fingerprint density at radius 2 is 1.71 bits per heavy atom. The molecule has 0 spiro atoms. The molecule has 0 atom stereocenters. The molecule has 0 N–H and O–H groups in total. The van der Waals surface area contributed by atoms with Crippen molar-refractivity contribution in [2.75, 3.05) is 0 Å². The first-order chi connectivity index (χ1) is 6.74. The summed E-state index contributed by atoms with van der Waals surface area (Å²) in [4.78, 5) is 7.89. The van der Waals surface area contributed by atoms with E-state index in [1.165, 1.54) is 0 Å². The second-order valence-electron chi connectivity index (χ2n) is 3.29. The van der Waals surface area contributed by atoms with Gasteiger partial charge in [0.05, 0.1) is 6.57 Å². The van der Waals surface area contributed by atoms with Crippen molar-refractivity contribution < 1.29 is 0 Å². The van der Waals surface area contributed by atoms with E-state index < -0.39 is 0 Å². The van der Waals surface area contributed by atoms with Crippen LogP contribution in [0.2, 0.25) is 0 Å². The zero-order valence-electron chi connectivity index (χ0n) is 8.20. The van der Waals surface area contributed by atoms with Crippen LogP contribution >= 0.6 is 0 Å². The highest BCUT2D eigenvalue weighted by Gasteiger charge is 2.07. The molecule has 0 saturated carbocycles. The van der Waals surface area contributed by atoms with Gasteiger partial charge in [-0.25, -0.2) is 4.85 Å². The van der Waals surface area contributed by atoms with Crippen molar-refractivity contribution in [2.24, 2.45) is 0 Å². The molecule has 0 aliphatic carbocycles. The summed E-state index contributed by atoms with van der Waals surface area (Å²) in [5.41, 5.74) is 2.48. The number of pyridine rings is 1. The summed E-state index contributed by atoms with van der Waals surface area (Å²) in [5.74, 6) is 0. The maximum absolute atomic E-state index is 7.12. The molecule has 0 radical (unpaired) electrons. The molecule has 2 aromatic rings. The summed E-state index contributed by atoms with van der Waals surface area (Å²) < 4.78 is 0. The van der Waals surface area contributed by atoms with E-state index in [1.807, 2.05) is 38.1 Å². The first kappa shape index (κ1) is 8.71. The number of rotatable bonds is 0. The molecule has 0 fully saturated rings. The molecular weight excluding hydrogens is 172 g/mol. The Morgan fingerprint density at radius 3 is 2.36 bits per heavy atom.